The third-order valence-corrected chi connectivity index (χ3v) is 3.31. The maximum atomic E-state index is 12.8. The van der Waals surface area contributed by atoms with E-state index < -0.39 is 30.0 Å². The molecule has 0 saturated carbocycles. The average molecular weight is 282 g/mol. The van der Waals surface area contributed by atoms with Crippen molar-refractivity contribution < 1.29 is 24.2 Å². The van der Waals surface area contributed by atoms with E-state index in [4.69, 9.17) is 5.11 Å². The first-order valence-electron chi connectivity index (χ1n) is 6.11. The van der Waals surface area contributed by atoms with Crippen molar-refractivity contribution in [2.75, 3.05) is 18.5 Å². The number of carboxylic acid groups (broad SMARTS) is 1. The molecule has 108 valence electrons. The summed E-state index contributed by atoms with van der Waals surface area (Å²) < 4.78 is 12.8. The van der Waals surface area contributed by atoms with Gasteiger partial charge in [-0.25, -0.2) is 14.0 Å². The second-order valence-electron chi connectivity index (χ2n) is 4.71. The van der Waals surface area contributed by atoms with Crippen LogP contribution in [0.25, 0.3) is 0 Å². The Bertz CT molecular complexity index is 520. The van der Waals surface area contributed by atoms with E-state index in [0.717, 1.165) is 4.90 Å². The van der Waals surface area contributed by atoms with Gasteiger partial charge in [0.25, 0.3) is 0 Å². The molecule has 1 aromatic rings. The van der Waals surface area contributed by atoms with Crippen LogP contribution in [0.1, 0.15) is 6.42 Å². The van der Waals surface area contributed by atoms with E-state index in [1.807, 2.05) is 0 Å². The van der Waals surface area contributed by atoms with Crippen molar-refractivity contribution in [1.82, 2.24) is 4.90 Å². The van der Waals surface area contributed by atoms with Crippen molar-refractivity contribution in [2.45, 2.75) is 18.6 Å². The first-order valence-corrected chi connectivity index (χ1v) is 6.11. The zero-order chi connectivity index (χ0) is 14.9. The van der Waals surface area contributed by atoms with Crippen LogP contribution in [0.15, 0.2) is 24.3 Å². The Balaban J connectivity index is 2.17. The topological polar surface area (TPSA) is 81.1 Å². The monoisotopic (exact) mass is 282 g/mol. The number of halogens is 1. The van der Waals surface area contributed by atoms with Crippen LogP contribution in [-0.2, 0) is 4.79 Å². The quantitative estimate of drug-likeness (QED) is 0.844. The molecule has 0 aromatic heterocycles. The van der Waals surface area contributed by atoms with Gasteiger partial charge in [-0.15, -0.1) is 0 Å². The van der Waals surface area contributed by atoms with Gasteiger partial charge in [0.15, 0.2) is 0 Å². The highest BCUT2D eigenvalue weighted by Gasteiger charge is 2.40. The van der Waals surface area contributed by atoms with E-state index in [-0.39, 0.29) is 13.0 Å². The van der Waals surface area contributed by atoms with Crippen molar-refractivity contribution in [3.8, 4) is 0 Å². The van der Waals surface area contributed by atoms with Crippen molar-refractivity contribution in [3.63, 3.8) is 0 Å². The number of urea groups is 1. The van der Waals surface area contributed by atoms with Gasteiger partial charge in [0.2, 0.25) is 0 Å². The number of likely N-dealkylation sites (tertiary alicyclic amines) is 1. The molecule has 0 spiro atoms. The van der Waals surface area contributed by atoms with Crippen LogP contribution in [0.2, 0.25) is 0 Å². The summed E-state index contributed by atoms with van der Waals surface area (Å²) in [5.74, 6) is -1.57. The van der Waals surface area contributed by atoms with Gasteiger partial charge in [-0.2, -0.15) is 0 Å². The highest BCUT2D eigenvalue weighted by molar-refractivity contribution is 5.94. The van der Waals surface area contributed by atoms with Gasteiger partial charge in [-0.1, -0.05) is 0 Å². The Morgan fingerprint density at radius 1 is 1.35 bits per heavy atom. The van der Waals surface area contributed by atoms with Crippen molar-refractivity contribution in [1.29, 1.82) is 0 Å². The Hall–Kier alpha value is -2.15. The van der Waals surface area contributed by atoms with E-state index in [2.05, 4.69) is 0 Å². The molecule has 2 N–H and O–H groups in total. The smallest absolute Gasteiger partial charge is 0.326 e. The normalized spacial score (nSPS) is 21.9. The number of aliphatic carboxylic acids is 1. The summed E-state index contributed by atoms with van der Waals surface area (Å²) in [5.41, 5.74) is 0.446. The molecule has 1 aliphatic rings. The van der Waals surface area contributed by atoms with Crippen LogP contribution in [0.5, 0.6) is 0 Å². The number of carbonyl (C=O) groups is 2. The Kier molecular flexibility index (Phi) is 3.89. The minimum atomic E-state index is -1.15. The summed E-state index contributed by atoms with van der Waals surface area (Å²) in [5, 5.41) is 18.6. The van der Waals surface area contributed by atoms with Gasteiger partial charge in [-0.3, -0.25) is 4.90 Å². The minimum absolute atomic E-state index is 0.0122. The van der Waals surface area contributed by atoms with Crippen LogP contribution in [0, 0.1) is 5.82 Å². The Labute approximate surface area is 115 Å². The maximum absolute atomic E-state index is 12.8. The molecule has 2 rings (SSSR count). The maximum Gasteiger partial charge on any atom is 0.326 e. The van der Waals surface area contributed by atoms with Gasteiger partial charge < -0.3 is 15.1 Å². The predicted octanol–water partition coefficient (Wildman–Crippen LogP) is 0.902. The molecule has 0 bridgehead atoms. The first-order chi connectivity index (χ1) is 9.40. The van der Waals surface area contributed by atoms with E-state index in [1.165, 1.54) is 36.2 Å². The number of hydrogen-bond acceptors (Lipinski definition) is 3. The Morgan fingerprint density at radius 3 is 2.50 bits per heavy atom. The summed E-state index contributed by atoms with van der Waals surface area (Å²) in [6.45, 7) is -0.0265. The summed E-state index contributed by atoms with van der Waals surface area (Å²) >= 11 is 0. The lowest BCUT2D eigenvalue weighted by Crippen LogP contribution is -2.47. The summed E-state index contributed by atoms with van der Waals surface area (Å²) in [6.07, 6.45) is -0.833. The molecule has 0 unspecified atom stereocenters. The Morgan fingerprint density at radius 2 is 1.95 bits per heavy atom. The van der Waals surface area contributed by atoms with Gasteiger partial charge in [0, 0.05) is 25.7 Å². The number of β-amino-alcohol motifs (C(OH)–C–C–N with tert-alkyl or cyclic N) is 1. The van der Waals surface area contributed by atoms with Gasteiger partial charge in [0.1, 0.15) is 11.9 Å². The molecule has 2 atom stereocenters. The van der Waals surface area contributed by atoms with Gasteiger partial charge in [-0.05, 0) is 24.3 Å². The molecule has 0 aliphatic carbocycles. The van der Waals surface area contributed by atoms with Crippen LogP contribution in [-0.4, -0.2) is 52.9 Å². The van der Waals surface area contributed by atoms with Crippen LogP contribution in [0.3, 0.4) is 0 Å². The molecular weight excluding hydrogens is 267 g/mol. The van der Waals surface area contributed by atoms with Crippen LogP contribution >= 0.6 is 0 Å². The molecule has 7 heteroatoms. The number of amides is 2. The highest BCUT2D eigenvalue weighted by atomic mass is 19.1. The number of carboxylic acids is 1. The summed E-state index contributed by atoms with van der Waals surface area (Å²) in [6, 6.07) is 3.70. The zero-order valence-electron chi connectivity index (χ0n) is 10.9. The van der Waals surface area contributed by atoms with E-state index >= 15 is 0 Å². The lowest BCUT2D eigenvalue weighted by Gasteiger charge is -2.27. The molecule has 2 amide bonds. The van der Waals surface area contributed by atoms with E-state index in [9.17, 15) is 19.1 Å². The third kappa shape index (κ3) is 2.72. The fourth-order valence-corrected chi connectivity index (χ4v) is 2.23. The summed E-state index contributed by atoms with van der Waals surface area (Å²) in [4.78, 5) is 25.7. The minimum Gasteiger partial charge on any atom is -0.480 e. The highest BCUT2D eigenvalue weighted by Crippen LogP contribution is 2.22. The number of benzene rings is 1. The molecule has 1 aliphatic heterocycles. The molecule has 1 aromatic carbocycles. The van der Waals surface area contributed by atoms with E-state index in [0.29, 0.717) is 5.69 Å². The molecule has 1 fully saturated rings. The van der Waals surface area contributed by atoms with Crippen molar-refractivity contribution >= 4 is 17.7 Å². The molecule has 20 heavy (non-hydrogen) atoms. The second-order valence-corrected chi connectivity index (χ2v) is 4.71. The summed E-state index contributed by atoms with van der Waals surface area (Å²) in [7, 11) is 1.47. The first kappa shape index (κ1) is 14.3. The lowest BCUT2D eigenvalue weighted by atomic mass is 10.2. The molecule has 0 radical (unpaired) electrons. The number of anilines is 1. The zero-order valence-corrected chi connectivity index (χ0v) is 10.9. The molecule has 6 nitrogen and oxygen atoms in total. The SMILES string of the molecule is CN(C(=O)N1C[C@H](O)C[C@H]1C(=O)O)c1ccc(F)cc1. The number of rotatable bonds is 2. The number of nitrogens with zero attached hydrogens (tertiary/aromatic N) is 2. The number of aliphatic hydroxyl groups is 1. The number of hydrogen-bond donors (Lipinski definition) is 2. The third-order valence-electron chi connectivity index (χ3n) is 3.31. The van der Waals surface area contributed by atoms with Crippen LogP contribution in [0.4, 0.5) is 14.9 Å². The number of carbonyl (C=O) groups excluding carboxylic acids is 1. The number of aliphatic hydroxyl groups excluding tert-OH is 1. The van der Waals surface area contributed by atoms with E-state index in [1.54, 1.807) is 0 Å². The molecular formula is C13H15FN2O4. The fraction of sp³-hybridized carbons (Fsp3) is 0.385. The van der Waals surface area contributed by atoms with Gasteiger partial charge in [0.05, 0.1) is 6.10 Å². The van der Waals surface area contributed by atoms with Crippen molar-refractivity contribution in [2.24, 2.45) is 0 Å². The fourth-order valence-electron chi connectivity index (χ4n) is 2.23. The average Bonchev–Trinajstić information content (AvgIpc) is 2.80. The van der Waals surface area contributed by atoms with Gasteiger partial charge >= 0.3 is 12.0 Å². The molecule has 1 heterocycles. The van der Waals surface area contributed by atoms with Crippen molar-refractivity contribution in [3.05, 3.63) is 30.1 Å². The standard InChI is InChI=1S/C13H15FN2O4/c1-15(9-4-2-8(14)3-5-9)13(20)16-7-10(17)6-11(16)12(18)19/h2-5,10-11,17H,6-7H2,1H3,(H,18,19)/t10-,11+/m1/s1. The molecule has 1 saturated heterocycles. The second kappa shape index (κ2) is 5.46. The lowest BCUT2D eigenvalue weighted by molar-refractivity contribution is -0.141. The predicted molar refractivity (Wildman–Crippen MR) is 69.0 cm³/mol. The van der Waals surface area contributed by atoms with Crippen LogP contribution < -0.4 is 4.90 Å². The largest absolute Gasteiger partial charge is 0.480 e.